The highest BCUT2D eigenvalue weighted by molar-refractivity contribution is 7.19. The van der Waals surface area contributed by atoms with Crippen LogP contribution in [0, 0.1) is 0 Å². The van der Waals surface area contributed by atoms with E-state index in [1.54, 1.807) is 11.3 Å². The second-order valence-electron chi connectivity index (χ2n) is 5.38. The van der Waals surface area contributed by atoms with E-state index < -0.39 is 0 Å². The van der Waals surface area contributed by atoms with Crippen molar-refractivity contribution in [2.75, 3.05) is 19.0 Å². The zero-order chi connectivity index (χ0) is 16.7. The number of hydrogen-bond acceptors (Lipinski definition) is 7. The number of carbonyl (C=O) groups excluding carboxylic acids is 1. The molecule has 4 rings (SSSR count). The molecule has 0 aromatic carbocycles. The number of rotatable bonds is 4. The van der Waals surface area contributed by atoms with Crippen LogP contribution in [-0.4, -0.2) is 29.8 Å². The summed E-state index contributed by atoms with van der Waals surface area (Å²) in [6.07, 6.45) is 0. The lowest BCUT2D eigenvalue weighted by Gasteiger charge is -2.12. The van der Waals surface area contributed by atoms with Gasteiger partial charge in [0, 0.05) is 29.9 Å². The number of carbonyl (C=O) groups is 1. The molecule has 4 heterocycles. The maximum absolute atomic E-state index is 12.9. The molecule has 0 amide bonds. The normalized spacial score (nSPS) is 11.1. The van der Waals surface area contributed by atoms with E-state index in [0.717, 1.165) is 20.7 Å². The third-order valence-corrected chi connectivity index (χ3v) is 6.30. The monoisotopic (exact) mass is 371 g/mol. The standard InChI is InChI=1S/C17H13N3OS3/c1-20(2)17-18-13-10(11-5-3-7-22-11)9-24-16(13)14(19-17)15(21)12-6-4-8-23-12/h3-9H,1-2H3. The molecule has 0 spiro atoms. The van der Waals surface area contributed by atoms with Crippen LogP contribution >= 0.6 is 34.0 Å². The molecular weight excluding hydrogens is 358 g/mol. The van der Waals surface area contributed by atoms with E-state index in [-0.39, 0.29) is 5.78 Å². The van der Waals surface area contributed by atoms with Gasteiger partial charge in [0.25, 0.3) is 0 Å². The largest absolute Gasteiger partial charge is 0.347 e. The summed E-state index contributed by atoms with van der Waals surface area (Å²) in [5, 5.41) is 6.02. The van der Waals surface area contributed by atoms with Crippen LogP contribution in [0.1, 0.15) is 15.4 Å². The highest BCUT2D eigenvalue weighted by atomic mass is 32.1. The topological polar surface area (TPSA) is 46.1 Å². The number of fused-ring (bicyclic) bond motifs is 1. The molecular formula is C17H13N3OS3. The van der Waals surface area contributed by atoms with Crippen molar-refractivity contribution in [2.24, 2.45) is 0 Å². The van der Waals surface area contributed by atoms with Crippen molar-refractivity contribution in [3.05, 3.63) is 51.0 Å². The van der Waals surface area contributed by atoms with Crippen molar-refractivity contribution in [2.45, 2.75) is 0 Å². The first-order valence-electron chi connectivity index (χ1n) is 7.24. The molecule has 0 radical (unpaired) electrons. The van der Waals surface area contributed by atoms with Gasteiger partial charge in [0.15, 0.2) is 0 Å². The molecule has 0 aliphatic carbocycles. The molecule has 4 nitrogen and oxygen atoms in total. The van der Waals surface area contributed by atoms with Crippen LogP contribution in [0.3, 0.4) is 0 Å². The van der Waals surface area contributed by atoms with Gasteiger partial charge in [-0.2, -0.15) is 0 Å². The van der Waals surface area contributed by atoms with Gasteiger partial charge >= 0.3 is 0 Å². The lowest BCUT2D eigenvalue weighted by Crippen LogP contribution is -2.15. The molecule has 0 aliphatic rings. The van der Waals surface area contributed by atoms with Crippen LogP contribution in [0.15, 0.2) is 40.4 Å². The number of anilines is 1. The molecule has 0 fully saturated rings. The zero-order valence-electron chi connectivity index (χ0n) is 13.0. The average Bonchev–Trinajstić information content (AvgIpc) is 3.32. The molecule has 7 heteroatoms. The smallest absolute Gasteiger partial charge is 0.226 e. The van der Waals surface area contributed by atoms with Gasteiger partial charge in [-0.05, 0) is 22.9 Å². The summed E-state index contributed by atoms with van der Waals surface area (Å²) in [5.74, 6) is 0.513. The number of hydrogen-bond donors (Lipinski definition) is 0. The molecule has 0 bridgehead atoms. The van der Waals surface area contributed by atoms with Crippen molar-refractivity contribution < 1.29 is 4.79 Å². The first kappa shape index (κ1) is 15.4. The zero-order valence-corrected chi connectivity index (χ0v) is 15.5. The Hall–Kier alpha value is -2.09. The van der Waals surface area contributed by atoms with Gasteiger partial charge in [-0.3, -0.25) is 4.79 Å². The quantitative estimate of drug-likeness (QED) is 0.484. The van der Waals surface area contributed by atoms with Crippen molar-refractivity contribution in [1.82, 2.24) is 9.97 Å². The van der Waals surface area contributed by atoms with Gasteiger partial charge in [0.05, 0.1) is 15.1 Å². The summed E-state index contributed by atoms with van der Waals surface area (Å²) in [5.41, 5.74) is 2.40. The Kier molecular flexibility index (Phi) is 3.91. The minimum Gasteiger partial charge on any atom is -0.347 e. The predicted molar refractivity (Wildman–Crippen MR) is 103 cm³/mol. The average molecular weight is 372 g/mol. The van der Waals surface area contributed by atoms with Gasteiger partial charge in [-0.25, -0.2) is 9.97 Å². The fourth-order valence-electron chi connectivity index (χ4n) is 2.39. The Bertz CT molecular complexity index is 1000. The Morgan fingerprint density at radius 1 is 1.04 bits per heavy atom. The first-order valence-corrected chi connectivity index (χ1v) is 9.87. The third kappa shape index (κ3) is 2.54. The Labute approximate surface area is 151 Å². The molecule has 4 aromatic rings. The molecule has 0 N–H and O–H groups in total. The minimum atomic E-state index is -0.0416. The van der Waals surface area contributed by atoms with Crippen LogP contribution in [0.2, 0.25) is 0 Å². The second-order valence-corrected chi connectivity index (χ2v) is 8.15. The maximum Gasteiger partial charge on any atom is 0.226 e. The summed E-state index contributed by atoms with van der Waals surface area (Å²) in [7, 11) is 3.77. The molecule has 120 valence electrons. The molecule has 0 aliphatic heterocycles. The number of nitrogens with zero attached hydrogens (tertiary/aromatic N) is 3. The summed E-state index contributed by atoms with van der Waals surface area (Å²) < 4.78 is 0.849. The van der Waals surface area contributed by atoms with Crippen LogP contribution in [0.25, 0.3) is 20.7 Å². The molecule has 4 aromatic heterocycles. The molecule has 0 saturated carbocycles. The van der Waals surface area contributed by atoms with E-state index in [0.29, 0.717) is 16.5 Å². The lowest BCUT2D eigenvalue weighted by molar-refractivity contribution is 0.103. The Morgan fingerprint density at radius 2 is 1.83 bits per heavy atom. The van der Waals surface area contributed by atoms with Gasteiger partial charge < -0.3 is 4.90 Å². The number of thiophene rings is 3. The SMILES string of the molecule is CN(C)c1nc(C(=O)c2cccs2)c2scc(-c3cccs3)c2n1. The van der Waals surface area contributed by atoms with E-state index in [1.807, 2.05) is 48.0 Å². The summed E-state index contributed by atoms with van der Waals surface area (Å²) in [4.78, 5) is 25.8. The predicted octanol–water partition coefficient (Wildman–Crippen LogP) is 4.78. The minimum absolute atomic E-state index is 0.0416. The van der Waals surface area contributed by atoms with Gasteiger partial charge in [-0.1, -0.05) is 12.1 Å². The number of aromatic nitrogens is 2. The fraction of sp³-hybridized carbons (Fsp3) is 0.118. The Balaban J connectivity index is 1.98. The summed E-state index contributed by atoms with van der Waals surface area (Å²) in [6.45, 7) is 0. The van der Waals surface area contributed by atoms with Crippen LogP contribution in [0.4, 0.5) is 5.95 Å². The first-order chi connectivity index (χ1) is 11.6. The second kappa shape index (κ2) is 6.08. The fourth-order valence-corrected chi connectivity index (χ4v) is 4.87. The van der Waals surface area contributed by atoms with E-state index in [1.165, 1.54) is 22.7 Å². The molecule has 0 unspecified atom stereocenters. The highest BCUT2D eigenvalue weighted by Gasteiger charge is 2.22. The third-order valence-electron chi connectivity index (χ3n) is 3.55. The van der Waals surface area contributed by atoms with E-state index in [4.69, 9.17) is 4.98 Å². The van der Waals surface area contributed by atoms with Gasteiger partial charge in [0.2, 0.25) is 11.7 Å². The van der Waals surface area contributed by atoms with E-state index in [2.05, 4.69) is 16.4 Å². The maximum atomic E-state index is 12.9. The molecule has 24 heavy (non-hydrogen) atoms. The van der Waals surface area contributed by atoms with E-state index in [9.17, 15) is 4.79 Å². The van der Waals surface area contributed by atoms with Crippen LogP contribution in [0.5, 0.6) is 0 Å². The lowest BCUT2D eigenvalue weighted by atomic mass is 10.2. The number of ketones is 1. The van der Waals surface area contributed by atoms with Crippen molar-refractivity contribution >= 4 is 56.0 Å². The van der Waals surface area contributed by atoms with Crippen molar-refractivity contribution in [1.29, 1.82) is 0 Å². The Morgan fingerprint density at radius 3 is 2.50 bits per heavy atom. The van der Waals surface area contributed by atoms with Crippen LogP contribution in [-0.2, 0) is 0 Å². The molecule has 0 atom stereocenters. The van der Waals surface area contributed by atoms with Gasteiger partial charge in [-0.15, -0.1) is 34.0 Å². The van der Waals surface area contributed by atoms with Crippen LogP contribution < -0.4 is 4.90 Å². The highest BCUT2D eigenvalue weighted by Crippen LogP contribution is 2.37. The van der Waals surface area contributed by atoms with Gasteiger partial charge in [0.1, 0.15) is 5.69 Å². The molecule has 0 saturated heterocycles. The van der Waals surface area contributed by atoms with Crippen molar-refractivity contribution in [3.8, 4) is 10.4 Å². The summed E-state index contributed by atoms with van der Waals surface area (Å²) >= 11 is 4.64. The van der Waals surface area contributed by atoms with Crippen molar-refractivity contribution in [3.63, 3.8) is 0 Å². The van der Waals surface area contributed by atoms with E-state index >= 15 is 0 Å². The summed E-state index contributed by atoms with van der Waals surface area (Å²) in [6, 6.07) is 7.82.